The molecule has 2 N–H and O–H groups in total. The van der Waals surface area contributed by atoms with Gasteiger partial charge in [0, 0.05) is 36.2 Å². The van der Waals surface area contributed by atoms with Crippen molar-refractivity contribution in [1.29, 1.82) is 0 Å². The summed E-state index contributed by atoms with van der Waals surface area (Å²) >= 11 is 5.00. The summed E-state index contributed by atoms with van der Waals surface area (Å²) in [6.45, 7) is 9.76. The lowest BCUT2D eigenvalue weighted by atomic mass is 9.76. The van der Waals surface area contributed by atoms with Gasteiger partial charge in [-0.15, -0.1) is 11.3 Å². The van der Waals surface area contributed by atoms with E-state index >= 15 is 0 Å². The number of thiazole rings is 1. The number of rotatable bonds is 9. The highest BCUT2D eigenvalue weighted by atomic mass is 79.9. The first kappa shape index (κ1) is 31.1. The number of hydrogen-bond acceptors (Lipinski definition) is 6. The summed E-state index contributed by atoms with van der Waals surface area (Å²) in [5.41, 5.74) is 5.20. The number of nitrogens with zero attached hydrogens (tertiary/aromatic N) is 2. The Morgan fingerprint density at radius 3 is 2.37 bits per heavy atom. The quantitative estimate of drug-likeness (QED) is 0.304. The third kappa shape index (κ3) is 7.70. The third-order valence-electron chi connectivity index (χ3n) is 7.73. The van der Waals surface area contributed by atoms with E-state index in [4.69, 9.17) is 0 Å². The first-order valence-electron chi connectivity index (χ1n) is 13.9. The van der Waals surface area contributed by atoms with Crippen LogP contribution in [0.25, 0.3) is 10.4 Å². The maximum absolute atomic E-state index is 13.9. The molecule has 0 unspecified atom stereocenters. The molecule has 2 heterocycles. The summed E-state index contributed by atoms with van der Waals surface area (Å²) in [4.78, 5) is 47.3. The summed E-state index contributed by atoms with van der Waals surface area (Å²) in [6, 6.07) is 14.5. The second-order valence-electron chi connectivity index (χ2n) is 12.0. The van der Waals surface area contributed by atoms with E-state index in [0.717, 1.165) is 31.7 Å². The van der Waals surface area contributed by atoms with Crippen LogP contribution in [0.3, 0.4) is 0 Å². The summed E-state index contributed by atoms with van der Waals surface area (Å²) in [7, 11) is 0. The van der Waals surface area contributed by atoms with E-state index in [1.54, 1.807) is 11.3 Å². The molecular formula is C32H38BrN3O4S. The molecule has 218 valence electrons. The largest absolute Gasteiger partial charge is 0.391 e. The lowest BCUT2D eigenvalue weighted by Gasteiger charge is -2.35. The van der Waals surface area contributed by atoms with Crippen molar-refractivity contribution in [3.8, 4) is 10.4 Å². The van der Waals surface area contributed by atoms with Crippen LogP contribution in [0.5, 0.6) is 0 Å². The molecule has 1 aromatic heterocycles. The van der Waals surface area contributed by atoms with Crippen LogP contribution in [-0.4, -0.2) is 51.3 Å². The topological polar surface area (TPSA) is 99.6 Å². The monoisotopic (exact) mass is 639 g/mol. The molecule has 0 spiro atoms. The van der Waals surface area contributed by atoms with E-state index < -0.39 is 23.5 Å². The summed E-state index contributed by atoms with van der Waals surface area (Å²) < 4.78 is 0.936. The van der Waals surface area contributed by atoms with E-state index in [9.17, 15) is 19.5 Å². The fourth-order valence-electron chi connectivity index (χ4n) is 5.29. The molecule has 1 aliphatic rings. The maximum Gasteiger partial charge on any atom is 0.243 e. The van der Waals surface area contributed by atoms with E-state index in [2.05, 4.69) is 26.2 Å². The second-order valence-corrected chi connectivity index (χ2v) is 13.8. The molecule has 0 radical (unpaired) electrons. The molecule has 0 aliphatic carbocycles. The predicted octanol–water partition coefficient (Wildman–Crippen LogP) is 5.88. The number of aromatic nitrogens is 1. The van der Waals surface area contributed by atoms with Crippen molar-refractivity contribution in [3.63, 3.8) is 0 Å². The highest BCUT2D eigenvalue weighted by Crippen LogP contribution is 2.34. The first-order chi connectivity index (χ1) is 19.3. The average molecular weight is 641 g/mol. The molecule has 2 amide bonds. The number of ketones is 1. The molecule has 4 atom stereocenters. The smallest absolute Gasteiger partial charge is 0.243 e. The first-order valence-corrected chi connectivity index (χ1v) is 15.6. The number of halogens is 1. The SMILES string of the molecule is Cc1ncsc1-c1ccc([C@H](C)NC(=O)[C@@H]2C[C@@H](O)CN2C(=O)[C@@H](CC(=O)Cc2ccc(Br)cc2)C(C)(C)C)cc1. The number of amides is 2. The highest BCUT2D eigenvalue weighted by Gasteiger charge is 2.44. The third-order valence-corrected chi connectivity index (χ3v) is 9.24. The van der Waals surface area contributed by atoms with Crippen LogP contribution >= 0.6 is 27.3 Å². The van der Waals surface area contributed by atoms with Crippen molar-refractivity contribution >= 4 is 44.9 Å². The zero-order valence-corrected chi connectivity index (χ0v) is 26.6. The van der Waals surface area contributed by atoms with Crippen molar-refractivity contribution in [1.82, 2.24) is 15.2 Å². The van der Waals surface area contributed by atoms with Crippen molar-refractivity contribution < 1.29 is 19.5 Å². The molecule has 3 aromatic rings. The number of hydrogen-bond donors (Lipinski definition) is 2. The van der Waals surface area contributed by atoms with Gasteiger partial charge in [-0.05, 0) is 48.1 Å². The molecule has 41 heavy (non-hydrogen) atoms. The van der Waals surface area contributed by atoms with Crippen LogP contribution in [0.4, 0.5) is 0 Å². The Bertz CT molecular complexity index is 1380. The molecule has 1 aliphatic heterocycles. The van der Waals surface area contributed by atoms with Gasteiger partial charge in [-0.3, -0.25) is 14.4 Å². The number of aliphatic hydroxyl groups excluding tert-OH is 1. The fraction of sp³-hybridized carbons (Fsp3) is 0.438. The Hall–Kier alpha value is -2.88. The summed E-state index contributed by atoms with van der Waals surface area (Å²) in [5, 5.41) is 13.5. The van der Waals surface area contributed by atoms with Gasteiger partial charge in [-0.25, -0.2) is 4.98 Å². The Labute approximate surface area is 254 Å². The molecule has 9 heteroatoms. The van der Waals surface area contributed by atoms with Gasteiger partial charge >= 0.3 is 0 Å². The van der Waals surface area contributed by atoms with Gasteiger partial charge in [-0.2, -0.15) is 0 Å². The summed E-state index contributed by atoms with van der Waals surface area (Å²) in [6.07, 6.45) is -0.330. The minimum atomic E-state index is -0.800. The van der Waals surface area contributed by atoms with Crippen LogP contribution in [-0.2, 0) is 20.8 Å². The van der Waals surface area contributed by atoms with Gasteiger partial charge in [0.15, 0.2) is 0 Å². The van der Waals surface area contributed by atoms with Gasteiger partial charge in [0.2, 0.25) is 11.8 Å². The number of benzene rings is 2. The number of aliphatic hydroxyl groups is 1. The van der Waals surface area contributed by atoms with Gasteiger partial charge < -0.3 is 15.3 Å². The van der Waals surface area contributed by atoms with Crippen molar-refractivity contribution in [2.75, 3.05) is 6.54 Å². The molecule has 0 saturated carbocycles. The van der Waals surface area contributed by atoms with Crippen LogP contribution in [0, 0.1) is 18.3 Å². The van der Waals surface area contributed by atoms with Crippen LogP contribution < -0.4 is 5.32 Å². The molecular weight excluding hydrogens is 602 g/mol. The number of nitrogens with one attached hydrogen (secondary N) is 1. The molecule has 7 nitrogen and oxygen atoms in total. The number of likely N-dealkylation sites (tertiary alicyclic amines) is 1. The van der Waals surface area contributed by atoms with Gasteiger partial charge in [0.1, 0.15) is 11.8 Å². The zero-order valence-electron chi connectivity index (χ0n) is 24.2. The standard InChI is InChI=1S/C32H38BrN3O4S/c1-19(22-8-10-23(11-9-22)29-20(2)34-18-41-29)35-30(39)28-16-26(38)17-36(28)31(40)27(32(3,4)5)15-25(37)14-21-6-12-24(33)13-7-21/h6-13,18-19,26-28,38H,14-17H2,1-5H3,(H,35,39)/t19-,26+,27+,28-/m0/s1. The number of Topliss-reactive ketones (excluding diaryl/α,β-unsaturated/α-hetero) is 1. The zero-order chi connectivity index (χ0) is 29.9. The minimum Gasteiger partial charge on any atom is -0.391 e. The molecule has 4 rings (SSSR count). The second kappa shape index (κ2) is 13.0. The molecule has 0 bridgehead atoms. The van der Waals surface area contributed by atoms with E-state index in [1.807, 2.05) is 88.7 Å². The van der Waals surface area contributed by atoms with Crippen molar-refractivity contribution in [3.05, 3.63) is 75.3 Å². The lowest BCUT2D eigenvalue weighted by molar-refractivity contribution is -0.146. The van der Waals surface area contributed by atoms with Gasteiger partial charge in [0.25, 0.3) is 0 Å². The van der Waals surface area contributed by atoms with E-state index in [-0.39, 0.29) is 49.4 Å². The Balaban J connectivity index is 1.44. The minimum absolute atomic E-state index is 0.0352. The molecule has 1 fully saturated rings. The van der Waals surface area contributed by atoms with Crippen molar-refractivity contribution in [2.45, 2.75) is 72.1 Å². The Kier molecular flexibility index (Phi) is 9.82. The predicted molar refractivity (Wildman–Crippen MR) is 165 cm³/mol. The maximum atomic E-state index is 13.9. The van der Waals surface area contributed by atoms with Gasteiger partial charge in [0.05, 0.1) is 28.2 Å². The van der Waals surface area contributed by atoms with E-state index in [1.165, 1.54) is 4.90 Å². The highest BCUT2D eigenvalue weighted by molar-refractivity contribution is 9.10. The number of aryl methyl sites for hydroxylation is 1. The Morgan fingerprint density at radius 1 is 1.12 bits per heavy atom. The van der Waals surface area contributed by atoms with E-state index in [0.29, 0.717) is 0 Å². The van der Waals surface area contributed by atoms with Crippen LogP contribution in [0.1, 0.15) is 63.4 Å². The van der Waals surface area contributed by atoms with Crippen LogP contribution in [0.15, 0.2) is 58.5 Å². The summed E-state index contributed by atoms with van der Waals surface area (Å²) in [5.74, 6) is -1.23. The van der Waals surface area contributed by atoms with Crippen LogP contribution in [0.2, 0.25) is 0 Å². The number of carbonyl (C=O) groups is 3. The molecule has 1 saturated heterocycles. The number of β-amino-alcohol motifs (C(OH)–C–C–N with tert-alkyl or cyclic N) is 1. The normalized spacial score (nSPS) is 18.7. The molecule has 2 aromatic carbocycles. The fourth-order valence-corrected chi connectivity index (χ4v) is 6.37. The number of carbonyl (C=O) groups excluding carboxylic acids is 3. The van der Waals surface area contributed by atoms with Gasteiger partial charge in [-0.1, -0.05) is 73.1 Å². The average Bonchev–Trinajstić information content (AvgIpc) is 3.53. The lowest BCUT2D eigenvalue weighted by Crippen LogP contribution is -2.50. The Morgan fingerprint density at radius 2 is 1.78 bits per heavy atom. The van der Waals surface area contributed by atoms with Crippen molar-refractivity contribution in [2.24, 2.45) is 11.3 Å².